The third-order valence-corrected chi connectivity index (χ3v) is 9.42. The van der Waals surface area contributed by atoms with Crippen molar-refractivity contribution in [3.63, 3.8) is 0 Å². The van der Waals surface area contributed by atoms with E-state index in [0.717, 1.165) is 17.2 Å². The molecule has 4 heterocycles. The lowest BCUT2D eigenvalue weighted by molar-refractivity contribution is -0.138. The zero-order valence-corrected chi connectivity index (χ0v) is 27.2. The van der Waals surface area contributed by atoms with E-state index in [1.54, 1.807) is 53.5 Å². The number of aromatic amines is 1. The number of hydrogen-bond acceptors (Lipinski definition) is 5. The maximum atomic E-state index is 14.5. The molecular formula is C34H27BrF3N7O3. The van der Waals surface area contributed by atoms with Gasteiger partial charge in [-0.05, 0) is 61.4 Å². The van der Waals surface area contributed by atoms with E-state index in [9.17, 15) is 27.6 Å². The number of halogens is 4. The van der Waals surface area contributed by atoms with Crippen LogP contribution in [-0.2, 0) is 32.6 Å². The fraction of sp³-hybridized carbons (Fsp3) is 0.206. The number of fused-ring (bicyclic) bond motifs is 3. The van der Waals surface area contributed by atoms with Crippen LogP contribution < -0.4 is 11.2 Å². The molecule has 1 atom stereocenters. The molecule has 1 N–H and O–H groups in total. The number of rotatable bonds is 5. The highest BCUT2D eigenvalue weighted by Crippen LogP contribution is 2.36. The van der Waals surface area contributed by atoms with Gasteiger partial charge in [0.25, 0.3) is 11.5 Å². The van der Waals surface area contributed by atoms with E-state index >= 15 is 0 Å². The Bertz CT molecular complexity index is 2320. The summed E-state index contributed by atoms with van der Waals surface area (Å²) in [5.74, 6) is -0.140. The van der Waals surface area contributed by atoms with Crippen LogP contribution in [0.2, 0.25) is 0 Å². The molecule has 10 nitrogen and oxygen atoms in total. The number of hydrogen-bond donors (Lipinski definition) is 1. The molecule has 7 rings (SSSR count). The molecule has 244 valence electrons. The molecule has 0 bridgehead atoms. The van der Waals surface area contributed by atoms with Crippen LogP contribution in [0.3, 0.4) is 0 Å². The summed E-state index contributed by atoms with van der Waals surface area (Å²) in [4.78, 5) is 41.6. The Morgan fingerprint density at radius 2 is 1.77 bits per heavy atom. The summed E-state index contributed by atoms with van der Waals surface area (Å²) in [6.07, 6.45) is -2.32. The molecule has 1 aliphatic rings. The molecule has 0 unspecified atom stereocenters. The van der Waals surface area contributed by atoms with Crippen LogP contribution >= 0.6 is 15.9 Å². The van der Waals surface area contributed by atoms with Crippen molar-refractivity contribution in [1.29, 1.82) is 0 Å². The number of benzene rings is 3. The molecule has 0 saturated carbocycles. The molecule has 0 aliphatic carbocycles. The Hall–Kier alpha value is -5.24. The van der Waals surface area contributed by atoms with E-state index in [0.29, 0.717) is 40.4 Å². The fourth-order valence-corrected chi connectivity index (χ4v) is 6.71. The Morgan fingerprint density at radius 3 is 2.44 bits per heavy atom. The van der Waals surface area contributed by atoms with Crippen LogP contribution in [0.1, 0.15) is 45.2 Å². The largest absolute Gasteiger partial charge is 0.417 e. The average Bonchev–Trinajstić information content (AvgIpc) is 3.63. The van der Waals surface area contributed by atoms with Gasteiger partial charge in [0.1, 0.15) is 5.65 Å². The quantitative estimate of drug-likeness (QED) is 0.252. The Kier molecular flexibility index (Phi) is 7.69. The molecule has 0 radical (unpaired) electrons. The minimum absolute atomic E-state index is 0.0299. The highest BCUT2D eigenvalue weighted by molar-refractivity contribution is 9.10. The molecule has 1 amide bonds. The molecule has 14 heteroatoms. The van der Waals surface area contributed by atoms with Gasteiger partial charge in [-0.15, -0.1) is 0 Å². The first-order valence-corrected chi connectivity index (χ1v) is 15.8. The van der Waals surface area contributed by atoms with Crippen LogP contribution in [0.15, 0.2) is 93.1 Å². The minimum Gasteiger partial charge on any atom is -0.330 e. The second-order valence-corrected chi connectivity index (χ2v) is 12.6. The van der Waals surface area contributed by atoms with Crippen molar-refractivity contribution in [3.8, 4) is 17.1 Å². The van der Waals surface area contributed by atoms with Gasteiger partial charge in [-0.25, -0.2) is 14.4 Å². The van der Waals surface area contributed by atoms with Gasteiger partial charge >= 0.3 is 11.9 Å². The predicted octanol–water partition coefficient (Wildman–Crippen LogP) is 5.53. The number of carbonyl (C=O) groups is 1. The van der Waals surface area contributed by atoms with Crippen molar-refractivity contribution in [2.75, 3.05) is 0 Å². The van der Waals surface area contributed by atoms with Crippen molar-refractivity contribution in [3.05, 3.63) is 138 Å². The van der Waals surface area contributed by atoms with Crippen molar-refractivity contribution < 1.29 is 18.0 Å². The van der Waals surface area contributed by atoms with Crippen LogP contribution in [-0.4, -0.2) is 45.8 Å². The maximum absolute atomic E-state index is 14.5. The van der Waals surface area contributed by atoms with Crippen LogP contribution in [0.5, 0.6) is 0 Å². The van der Waals surface area contributed by atoms with Gasteiger partial charge in [0, 0.05) is 46.2 Å². The second-order valence-electron chi connectivity index (χ2n) is 11.8. The first kappa shape index (κ1) is 31.4. The maximum Gasteiger partial charge on any atom is 0.417 e. The SMILES string of the molecule is C[C@@H]1Cc2c(n3ncc(Cc4ccccc4)c3n(-c3ccc(-c4n[nH]c(=O)n4C)cc3)c2=O)CN1C(=O)c1ccc(Br)c(C(F)(F)F)c1. The number of H-pyrrole nitrogens is 1. The number of alkyl halides is 3. The summed E-state index contributed by atoms with van der Waals surface area (Å²) in [5.41, 5.74) is 2.77. The van der Waals surface area contributed by atoms with E-state index in [-0.39, 0.29) is 34.3 Å². The third-order valence-electron chi connectivity index (χ3n) is 8.73. The average molecular weight is 719 g/mol. The number of aromatic nitrogens is 6. The van der Waals surface area contributed by atoms with Crippen molar-refractivity contribution in [2.24, 2.45) is 7.05 Å². The summed E-state index contributed by atoms with van der Waals surface area (Å²) in [6, 6.07) is 19.7. The highest BCUT2D eigenvalue weighted by atomic mass is 79.9. The first-order chi connectivity index (χ1) is 22.9. The summed E-state index contributed by atoms with van der Waals surface area (Å²) in [6.45, 7) is 1.74. The zero-order valence-electron chi connectivity index (χ0n) is 25.6. The molecule has 0 spiro atoms. The molecular weight excluding hydrogens is 691 g/mol. The molecule has 3 aromatic heterocycles. The van der Waals surface area contributed by atoms with Gasteiger partial charge in [-0.2, -0.15) is 23.4 Å². The lowest BCUT2D eigenvalue weighted by Crippen LogP contribution is -2.46. The molecule has 1 aliphatic heterocycles. The molecule has 3 aromatic carbocycles. The zero-order chi connectivity index (χ0) is 33.9. The van der Waals surface area contributed by atoms with E-state index in [2.05, 4.69) is 26.1 Å². The summed E-state index contributed by atoms with van der Waals surface area (Å²) < 4.78 is 45.5. The van der Waals surface area contributed by atoms with Gasteiger partial charge < -0.3 is 4.90 Å². The predicted molar refractivity (Wildman–Crippen MR) is 175 cm³/mol. The van der Waals surface area contributed by atoms with Gasteiger partial charge in [-0.3, -0.25) is 18.7 Å². The van der Waals surface area contributed by atoms with Gasteiger partial charge in [0.15, 0.2) is 5.82 Å². The van der Waals surface area contributed by atoms with E-state index in [1.165, 1.54) is 21.6 Å². The lowest BCUT2D eigenvalue weighted by atomic mass is 9.97. The van der Waals surface area contributed by atoms with Crippen molar-refractivity contribution >= 4 is 27.5 Å². The van der Waals surface area contributed by atoms with E-state index < -0.39 is 23.7 Å². The topological polar surface area (TPSA) is 110 Å². The molecule has 0 saturated heterocycles. The monoisotopic (exact) mass is 717 g/mol. The van der Waals surface area contributed by atoms with Crippen LogP contribution in [0.25, 0.3) is 22.7 Å². The number of nitrogens with zero attached hydrogens (tertiary/aromatic N) is 6. The Balaban J connectivity index is 1.36. The Morgan fingerprint density at radius 1 is 1.04 bits per heavy atom. The molecule has 6 aromatic rings. The number of nitrogens with one attached hydrogen (secondary N) is 1. The second kappa shape index (κ2) is 11.8. The smallest absolute Gasteiger partial charge is 0.330 e. The highest BCUT2D eigenvalue weighted by Gasteiger charge is 2.36. The van der Waals surface area contributed by atoms with E-state index in [4.69, 9.17) is 5.10 Å². The summed E-state index contributed by atoms with van der Waals surface area (Å²) >= 11 is 2.94. The fourth-order valence-electron chi connectivity index (χ4n) is 6.24. The van der Waals surface area contributed by atoms with Gasteiger partial charge in [-0.1, -0.05) is 46.3 Å². The van der Waals surface area contributed by atoms with Crippen LogP contribution in [0.4, 0.5) is 13.2 Å². The molecule has 0 fully saturated rings. The van der Waals surface area contributed by atoms with E-state index in [1.807, 2.05) is 30.3 Å². The van der Waals surface area contributed by atoms with Crippen molar-refractivity contribution in [1.82, 2.24) is 33.8 Å². The lowest BCUT2D eigenvalue weighted by Gasteiger charge is -2.35. The van der Waals surface area contributed by atoms with Gasteiger partial charge in [0.2, 0.25) is 0 Å². The van der Waals surface area contributed by atoms with Crippen LogP contribution in [0, 0.1) is 0 Å². The molecule has 48 heavy (non-hydrogen) atoms. The standard InChI is InChI=1S/C34H27BrF3N7O3/c1-19-14-25-28(18-43(19)31(46)22-10-13-27(35)26(16-22)34(36,37)38)45-30(23(17-39-45)15-20-6-4-3-5-7-20)44(32(25)47)24-11-8-21(9-12-24)29-40-41-33(48)42(29)2/h3-13,16-17,19H,14-15,18H2,1-2H3,(H,41,48)/t19-/m1/s1. The first-order valence-electron chi connectivity index (χ1n) is 15.0. The summed E-state index contributed by atoms with van der Waals surface area (Å²) in [7, 11) is 1.61. The number of carbonyl (C=O) groups excluding carboxylic acids is 1. The minimum atomic E-state index is -4.65. The summed E-state index contributed by atoms with van der Waals surface area (Å²) in [5, 5.41) is 11.2. The Labute approximate surface area is 279 Å². The normalized spacial score (nSPS) is 14.8. The van der Waals surface area contributed by atoms with Gasteiger partial charge in [0.05, 0.1) is 29.7 Å². The third kappa shape index (κ3) is 5.35. The van der Waals surface area contributed by atoms with Crippen molar-refractivity contribution in [2.45, 2.75) is 38.5 Å². The number of amides is 1.